The fraction of sp³-hybridized carbons (Fsp3) is 0.571. The van der Waals surface area contributed by atoms with Gasteiger partial charge in [-0.1, -0.05) is 31.5 Å². The highest BCUT2D eigenvalue weighted by molar-refractivity contribution is 6.18. The fourth-order valence-electron chi connectivity index (χ4n) is 2.42. The van der Waals surface area contributed by atoms with E-state index in [0.717, 1.165) is 24.5 Å². The number of rotatable bonds is 5. The molecule has 0 saturated heterocycles. The van der Waals surface area contributed by atoms with Crippen LogP contribution in [0.2, 0.25) is 0 Å². The number of hydrogen-bond acceptors (Lipinski definition) is 1. The van der Waals surface area contributed by atoms with Crippen molar-refractivity contribution in [1.29, 1.82) is 0 Å². The summed E-state index contributed by atoms with van der Waals surface area (Å²) >= 11 is 5.98. The second-order valence-corrected chi connectivity index (χ2v) is 4.91. The molecule has 1 aromatic rings. The molecule has 1 aliphatic heterocycles. The summed E-state index contributed by atoms with van der Waals surface area (Å²) in [7, 11) is 0. The lowest BCUT2D eigenvalue weighted by molar-refractivity contribution is 0.195. The minimum Gasteiger partial charge on any atom is -0.490 e. The smallest absolute Gasteiger partial charge is 0.123 e. The first kappa shape index (κ1) is 11.8. The van der Waals surface area contributed by atoms with Crippen LogP contribution in [0.25, 0.3) is 0 Å². The van der Waals surface area contributed by atoms with E-state index in [4.69, 9.17) is 16.3 Å². The lowest BCUT2D eigenvalue weighted by atomic mass is 9.96. The zero-order chi connectivity index (χ0) is 11.4. The van der Waals surface area contributed by atoms with Crippen molar-refractivity contribution >= 4 is 11.6 Å². The Balaban J connectivity index is 1.91. The molecule has 0 fully saturated rings. The van der Waals surface area contributed by atoms with Gasteiger partial charge in [-0.25, -0.2) is 0 Å². The molecule has 0 radical (unpaired) electrons. The molecule has 1 nitrogen and oxygen atoms in total. The standard InChI is InChI=1S/C14H19ClO/c1-2-5-11(10-15)8-13-9-12-6-3-4-7-14(12)16-13/h3-4,6-7,11,13H,2,5,8-10H2,1H3. The first-order valence-electron chi connectivity index (χ1n) is 6.14. The van der Waals surface area contributed by atoms with Gasteiger partial charge in [-0.2, -0.15) is 0 Å². The van der Waals surface area contributed by atoms with Crippen molar-refractivity contribution in [2.75, 3.05) is 5.88 Å². The number of para-hydroxylation sites is 1. The number of halogens is 1. The Morgan fingerprint density at radius 3 is 2.94 bits per heavy atom. The van der Waals surface area contributed by atoms with Crippen molar-refractivity contribution in [3.05, 3.63) is 29.8 Å². The number of benzene rings is 1. The SMILES string of the molecule is CCCC(CCl)CC1Cc2ccccc2O1. The molecule has 1 aliphatic rings. The lowest BCUT2D eigenvalue weighted by Gasteiger charge is -2.17. The van der Waals surface area contributed by atoms with E-state index in [1.807, 2.05) is 6.07 Å². The van der Waals surface area contributed by atoms with Gasteiger partial charge in [-0.3, -0.25) is 0 Å². The summed E-state index contributed by atoms with van der Waals surface area (Å²) < 4.78 is 5.93. The molecule has 0 aliphatic carbocycles. The quantitative estimate of drug-likeness (QED) is 0.704. The van der Waals surface area contributed by atoms with Crippen LogP contribution >= 0.6 is 11.6 Å². The predicted molar refractivity (Wildman–Crippen MR) is 68.3 cm³/mol. The maximum absolute atomic E-state index is 5.98. The van der Waals surface area contributed by atoms with Crippen LogP contribution in [-0.4, -0.2) is 12.0 Å². The van der Waals surface area contributed by atoms with Gasteiger partial charge in [-0.15, -0.1) is 11.6 Å². The number of fused-ring (bicyclic) bond motifs is 1. The maximum atomic E-state index is 5.98. The Hall–Kier alpha value is -0.690. The molecule has 0 bridgehead atoms. The van der Waals surface area contributed by atoms with Crippen molar-refractivity contribution in [1.82, 2.24) is 0 Å². The molecule has 0 aromatic heterocycles. The van der Waals surface area contributed by atoms with Crippen LogP contribution in [0.3, 0.4) is 0 Å². The Morgan fingerprint density at radius 2 is 2.25 bits per heavy atom. The van der Waals surface area contributed by atoms with E-state index in [1.54, 1.807) is 0 Å². The van der Waals surface area contributed by atoms with Gasteiger partial charge in [0.1, 0.15) is 11.9 Å². The molecule has 1 aromatic carbocycles. The second kappa shape index (κ2) is 5.58. The van der Waals surface area contributed by atoms with Gasteiger partial charge in [0.05, 0.1) is 0 Å². The zero-order valence-corrected chi connectivity index (χ0v) is 10.5. The normalized spacial score (nSPS) is 20.2. The van der Waals surface area contributed by atoms with Crippen LogP contribution < -0.4 is 4.74 Å². The highest BCUT2D eigenvalue weighted by Crippen LogP contribution is 2.31. The summed E-state index contributed by atoms with van der Waals surface area (Å²) in [5.74, 6) is 2.42. The van der Waals surface area contributed by atoms with Gasteiger partial charge >= 0.3 is 0 Å². The molecule has 2 heteroatoms. The van der Waals surface area contributed by atoms with E-state index in [9.17, 15) is 0 Å². The van der Waals surface area contributed by atoms with Crippen molar-refractivity contribution in [2.45, 2.75) is 38.7 Å². The third kappa shape index (κ3) is 2.70. The van der Waals surface area contributed by atoms with Crippen LogP contribution in [0.5, 0.6) is 5.75 Å². The maximum Gasteiger partial charge on any atom is 0.123 e. The third-order valence-corrected chi connectivity index (χ3v) is 3.66. The Labute approximate surface area is 103 Å². The topological polar surface area (TPSA) is 9.23 Å². The number of ether oxygens (including phenoxy) is 1. The first-order valence-corrected chi connectivity index (χ1v) is 6.67. The largest absolute Gasteiger partial charge is 0.490 e. The van der Waals surface area contributed by atoms with Gasteiger partial charge in [0, 0.05) is 12.3 Å². The zero-order valence-electron chi connectivity index (χ0n) is 9.79. The van der Waals surface area contributed by atoms with Gasteiger partial charge in [0.2, 0.25) is 0 Å². The van der Waals surface area contributed by atoms with E-state index < -0.39 is 0 Å². The fourth-order valence-corrected chi connectivity index (χ4v) is 2.70. The highest BCUT2D eigenvalue weighted by Gasteiger charge is 2.24. The van der Waals surface area contributed by atoms with Crippen molar-refractivity contribution < 1.29 is 4.74 Å². The Morgan fingerprint density at radius 1 is 1.44 bits per heavy atom. The van der Waals surface area contributed by atoms with Gasteiger partial charge in [0.15, 0.2) is 0 Å². The molecule has 2 rings (SSSR count). The summed E-state index contributed by atoms with van der Waals surface area (Å²) in [6, 6.07) is 8.33. The molecular formula is C14H19ClO. The van der Waals surface area contributed by atoms with Crippen molar-refractivity contribution in [2.24, 2.45) is 5.92 Å². The van der Waals surface area contributed by atoms with E-state index in [2.05, 4.69) is 25.1 Å². The van der Waals surface area contributed by atoms with E-state index in [-0.39, 0.29) is 0 Å². The molecule has 0 saturated carbocycles. The average Bonchev–Trinajstić information content (AvgIpc) is 2.70. The minimum absolute atomic E-state index is 0.340. The second-order valence-electron chi connectivity index (χ2n) is 4.60. The van der Waals surface area contributed by atoms with E-state index in [1.165, 1.54) is 18.4 Å². The number of alkyl halides is 1. The molecule has 0 spiro atoms. The van der Waals surface area contributed by atoms with Crippen LogP contribution in [0.4, 0.5) is 0 Å². The molecule has 1 heterocycles. The van der Waals surface area contributed by atoms with E-state index in [0.29, 0.717) is 12.0 Å². The van der Waals surface area contributed by atoms with E-state index >= 15 is 0 Å². The summed E-state index contributed by atoms with van der Waals surface area (Å²) in [6.45, 7) is 2.21. The number of hydrogen-bond donors (Lipinski definition) is 0. The Kier molecular flexibility index (Phi) is 4.11. The molecule has 2 unspecified atom stereocenters. The van der Waals surface area contributed by atoms with Gasteiger partial charge in [0.25, 0.3) is 0 Å². The highest BCUT2D eigenvalue weighted by atomic mass is 35.5. The summed E-state index contributed by atoms with van der Waals surface area (Å²) in [4.78, 5) is 0. The van der Waals surface area contributed by atoms with Crippen LogP contribution in [0, 0.1) is 5.92 Å². The summed E-state index contributed by atoms with van der Waals surface area (Å²) in [5.41, 5.74) is 1.34. The van der Waals surface area contributed by atoms with Crippen molar-refractivity contribution in [3.8, 4) is 5.75 Å². The molecule has 16 heavy (non-hydrogen) atoms. The summed E-state index contributed by atoms with van der Waals surface area (Å²) in [6.07, 6.45) is 4.89. The molecular weight excluding hydrogens is 220 g/mol. The lowest BCUT2D eigenvalue weighted by Crippen LogP contribution is -2.19. The predicted octanol–water partition coefficient (Wildman–Crippen LogP) is 4.04. The molecule has 0 N–H and O–H groups in total. The monoisotopic (exact) mass is 238 g/mol. The third-order valence-electron chi connectivity index (χ3n) is 3.23. The van der Waals surface area contributed by atoms with Crippen LogP contribution in [0.15, 0.2) is 24.3 Å². The Bertz CT molecular complexity index is 312. The minimum atomic E-state index is 0.340. The first-order chi connectivity index (χ1) is 7.83. The van der Waals surface area contributed by atoms with Crippen molar-refractivity contribution in [3.63, 3.8) is 0 Å². The van der Waals surface area contributed by atoms with Crippen LogP contribution in [0.1, 0.15) is 31.7 Å². The van der Waals surface area contributed by atoms with Gasteiger partial charge < -0.3 is 4.74 Å². The van der Waals surface area contributed by atoms with Gasteiger partial charge in [-0.05, 0) is 30.4 Å². The molecule has 88 valence electrons. The summed E-state index contributed by atoms with van der Waals surface area (Å²) in [5, 5.41) is 0. The van der Waals surface area contributed by atoms with Crippen LogP contribution in [-0.2, 0) is 6.42 Å². The average molecular weight is 239 g/mol. The molecule has 2 atom stereocenters. The molecule has 0 amide bonds.